The van der Waals surface area contributed by atoms with Crippen molar-refractivity contribution in [1.82, 2.24) is 20.1 Å². The molecule has 0 saturated carbocycles. The number of hydrogen-bond acceptors (Lipinski definition) is 8. The summed E-state index contributed by atoms with van der Waals surface area (Å²) in [5.74, 6) is -0.898. The Kier molecular flexibility index (Phi) is 8.38. The largest absolute Gasteiger partial charge is 0.347 e. The van der Waals surface area contributed by atoms with Gasteiger partial charge in [-0.25, -0.2) is 13.4 Å². The van der Waals surface area contributed by atoms with E-state index >= 15 is 0 Å². The Morgan fingerprint density at radius 2 is 1.77 bits per heavy atom. The highest BCUT2D eigenvalue weighted by atomic mass is 32.2. The summed E-state index contributed by atoms with van der Waals surface area (Å²) in [6.07, 6.45) is 1.76. The zero-order chi connectivity index (χ0) is 31.0. The number of anilines is 1. The molecule has 0 unspecified atom stereocenters. The van der Waals surface area contributed by atoms with Crippen LogP contribution in [0.3, 0.4) is 0 Å². The number of amides is 2. The number of aromatic nitrogens is 1. The first-order valence-corrected chi connectivity index (χ1v) is 17.1. The summed E-state index contributed by atoms with van der Waals surface area (Å²) in [7, 11) is -3.96. The third kappa shape index (κ3) is 5.68. The second-order valence-corrected chi connectivity index (χ2v) is 14.1. The molecule has 2 amide bonds. The van der Waals surface area contributed by atoms with Crippen molar-refractivity contribution in [2.45, 2.75) is 49.7 Å². The highest BCUT2D eigenvalue weighted by Gasteiger charge is 2.33. The first-order chi connectivity index (χ1) is 21.2. The molecule has 44 heavy (non-hydrogen) atoms. The molecule has 0 radical (unpaired) electrons. The van der Waals surface area contributed by atoms with E-state index in [1.54, 1.807) is 25.3 Å². The van der Waals surface area contributed by atoms with Crippen molar-refractivity contribution in [2.75, 3.05) is 31.5 Å². The van der Waals surface area contributed by atoms with Gasteiger partial charge < -0.3 is 10.6 Å². The van der Waals surface area contributed by atoms with Crippen molar-refractivity contribution in [3.8, 4) is 10.6 Å². The Morgan fingerprint density at radius 1 is 1.05 bits per heavy atom. The molecule has 2 N–H and O–H groups in total. The van der Waals surface area contributed by atoms with Crippen LogP contribution in [0.15, 0.2) is 76.7 Å². The molecular formula is C33H35N5O4S2. The summed E-state index contributed by atoms with van der Waals surface area (Å²) in [6.45, 7) is 11.7. The van der Waals surface area contributed by atoms with Crippen LogP contribution in [0, 0.1) is 6.92 Å². The lowest BCUT2D eigenvalue weighted by Crippen LogP contribution is -2.58. The van der Waals surface area contributed by atoms with Crippen LogP contribution in [0.4, 0.5) is 5.69 Å². The number of sulfone groups is 1. The van der Waals surface area contributed by atoms with Crippen molar-refractivity contribution in [2.24, 2.45) is 0 Å². The summed E-state index contributed by atoms with van der Waals surface area (Å²) in [4.78, 5) is 36.4. The van der Waals surface area contributed by atoms with E-state index in [9.17, 15) is 18.0 Å². The van der Waals surface area contributed by atoms with Crippen LogP contribution in [0.1, 0.15) is 50.6 Å². The maximum absolute atomic E-state index is 13.4. The molecule has 4 aromatic rings. The number of likely N-dealkylation sites (tertiary alicyclic amines) is 1. The SMILES string of the molecule is CCN(CC)C1CN(Cc2ccc(-c3ncc(CNC(=O)c4ccc5c(c4C)NC(=O)c4ccccc4S5(=O)=O)s3)cc2)C1. The predicted molar refractivity (Wildman–Crippen MR) is 172 cm³/mol. The highest BCUT2D eigenvalue weighted by molar-refractivity contribution is 7.91. The number of nitrogens with zero attached hydrogens (tertiary/aromatic N) is 3. The molecule has 9 nitrogen and oxygen atoms in total. The van der Waals surface area contributed by atoms with Gasteiger partial charge in [-0.3, -0.25) is 19.4 Å². The Labute approximate surface area is 261 Å². The maximum Gasteiger partial charge on any atom is 0.257 e. The zero-order valence-electron chi connectivity index (χ0n) is 25.0. The van der Waals surface area contributed by atoms with Crippen LogP contribution in [0.5, 0.6) is 0 Å². The number of nitrogens with one attached hydrogen (secondary N) is 2. The number of carbonyl (C=O) groups is 2. The molecule has 228 valence electrons. The minimum Gasteiger partial charge on any atom is -0.347 e. The van der Waals surface area contributed by atoms with E-state index in [0.29, 0.717) is 11.6 Å². The van der Waals surface area contributed by atoms with Gasteiger partial charge in [0.15, 0.2) is 0 Å². The highest BCUT2D eigenvalue weighted by Crippen LogP contribution is 2.37. The minimum atomic E-state index is -3.96. The number of carbonyl (C=O) groups excluding carboxylic acids is 2. The maximum atomic E-state index is 13.4. The predicted octanol–water partition coefficient (Wildman–Crippen LogP) is 4.97. The van der Waals surface area contributed by atoms with Gasteiger partial charge in [0.05, 0.1) is 27.6 Å². The van der Waals surface area contributed by atoms with Crippen LogP contribution >= 0.6 is 11.3 Å². The molecule has 3 heterocycles. The average molecular weight is 630 g/mol. The van der Waals surface area contributed by atoms with E-state index in [1.807, 2.05) is 0 Å². The molecule has 3 aromatic carbocycles. The molecule has 2 aliphatic rings. The Hall–Kier alpha value is -3.90. The fourth-order valence-corrected chi connectivity index (χ4v) is 8.46. The van der Waals surface area contributed by atoms with Gasteiger partial charge in [0, 0.05) is 47.9 Å². The van der Waals surface area contributed by atoms with Crippen molar-refractivity contribution < 1.29 is 18.0 Å². The number of fused-ring (bicyclic) bond motifs is 2. The number of hydrogen-bond donors (Lipinski definition) is 2. The van der Waals surface area contributed by atoms with Crippen LogP contribution in [-0.2, 0) is 22.9 Å². The van der Waals surface area contributed by atoms with E-state index in [2.05, 4.69) is 63.5 Å². The first kappa shape index (κ1) is 30.1. The third-order valence-corrected chi connectivity index (χ3v) is 11.4. The van der Waals surface area contributed by atoms with Gasteiger partial charge in [-0.05, 0) is 55.4 Å². The van der Waals surface area contributed by atoms with Crippen LogP contribution in [-0.4, -0.2) is 67.2 Å². The Balaban J connectivity index is 1.09. The van der Waals surface area contributed by atoms with Crippen molar-refractivity contribution in [3.63, 3.8) is 0 Å². The van der Waals surface area contributed by atoms with Crippen LogP contribution in [0.25, 0.3) is 10.6 Å². The number of rotatable bonds is 9. The van der Waals surface area contributed by atoms with Gasteiger partial charge >= 0.3 is 0 Å². The molecule has 6 rings (SSSR count). The van der Waals surface area contributed by atoms with Gasteiger partial charge in [-0.1, -0.05) is 50.2 Å². The Morgan fingerprint density at radius 3 is 2.50 bits per heavy atom. The zero-order valence-corrected chi connectivity index (χ0v) is 26.6. The van der Waals surface area contributed by atoms with E-state index in [1.165, 1.54) is 41.2 Å². The molecule has 1 saturated heterocycles. The van der Waals surface area contributed by atoms with E-state index in [-0.39, 0.29) is 39.1 Å². The monoisotopic (exact) mass is 629 g/mol. The van der Waals surface area contributed by atoms with Crippen molar-refractivity contribution >= 4 is 38.7 Å². The van der Waals surface area contributed by atoms with Crippen LogP contribution in [0.2, 0.25) is 0 Å². The summed E-state index contributed by atoms with van der Waals surface area (Å²) >= 11 is 1.51. The molecule has 11 heteroatoms. The molecular weight excluding hydrogens is 595 g/mol. The summed E-state index contributed by atoms with van der Waals surface area (Å²) in [5, 5.41) is 6.51. The lowest BCUT2D eigenvalue weighted by molar-refractivity contribution is 0.0345. The van der Waals surface area contributed by atoms with Gasteiger partial charge in [0.1, 0.15) is 5.01 Å². The topological polar surface area (TPSA) is 112 Å². The standard InChI is InChI=1S/C33H35N5O4S2/c1-4-38(5-2)24-19-37(20-24)18-22-10-12-23(13-11-22)33-35-17-25(43-33)16-34-31(39)26-14-15-29-30(21(26)3)36-32(40)27-8-6-7-9-28(27)44(29,41)42/h6-15,17,24H,4-5,16,18-20H2,1-3H3,(H,34,39)(H,36,40). The van der Waals surface area contributed by atoms with E-state index in [4.69, 9.17) is 0 Å². The lowest BCUT2D eigenvalue weighted by atomic mass is 10.0. The molecule has 0 aliphatic carbocycles. The number of benzene rings is 3. The molecule has 0 spiro atoms. The fraction of sp³-hybridized carbons (Fsp3) is 0.303. The van der Waals surface area contributed by atoms with Gasteiger partial charge in [0.25, 0.3) is 11.8 Å². The van der Waals surface area contributed by atoms with Gasteiger partial charge in [-0.2, -0.15) is 0 Å². The third-order valence-electron chi connectivity index (χ3n) is 8.47. The van der Waals surface area contributed by atoms with Crippen molar-refractivity contribution in [1.29, 1.82) is 0 Å². The summed E-state index contributed by atoms with van der Waals surface area (Å²) < 4.78 is 26.7. The molecule has 0 atom stereocenters. The van der Waals surface area contributed by atoms with Gasteiger partial charge in [-0.15, -0.1) is 11.3 Å². The molecule has 0 bridgehead atoms. The normalized spacial score (nSPS) is 16.0. The Bertz CT molecular complexity index is 1830. The fourth-order valence-electron chi connectivity index (χ4n) is 5.94. The van der Waals surface area contributed by atoms with E-state index < -0.39 is 15.7 Å². The lowest BCUT2D eigenvalue weighted by Gasteiger charge is -2.45. The summed E-state index contributed by atoms with van der Waals surface area (Å²) in [6, 6.07) is 18.1. The molecule has 2 aliphatic heterocycles. The van der Waals surface area contributed by atoms with E-state index in [0.717, 1.165) is 48.2 Å². The second-order valence-electron chi connectivity index (χ2n) is 11.1. The van der Waals surface area contributed by atoms with Gasteiger partial charge in [0.2, 0.25) is 9.84 Å². The number of likely N-dealkylation sites (N-methyl/N-ethyl adjacent to an activating group) is 1. The number of thiazole rings is 1. The minimum absolute atomic E-state index is 0.0309. The second kappa shape index (κ2) is 12.2. The van der Waals surface area contributed by atoms with Crippen molar-refractivity contribution in [3.05, 3.63) is 94.0 Å². The molecule has 1 aromatic heterocycles. The smallest absolute Gasteiger partial charge is 0.257 e. The molecule has 1 fully saturated rings. The first-order valence-electron chi connectivity index (χ1n) is 14.8. The average Bonchev–Trinajstić information content (AvgIpc) is 3.46. The quantitative estimate of drug-likeness (QED) is 0.269. The summed E-state index contributed by atoms with van der Waals surface area (Å²) in [5.41, 5.74) is 3.18. The van der Waals surface area contributed by atoms with Crippen LogP contribution < -0.4 is 10.6 Å².